The van der Waals surface area contributed by atoms with Crippen LogP contribution >= 0.6 is 0 Å². The van der Waals surface area contributed by atoms with Crippen LogP contribution in [0.25, 0.3) is 5.71 Å². The van der Waals surface area contributed by atoms with Gasteiger partial charge in [0.05, 0.1) is 6.20 Å². The first-order valence-electron chi connectivity index (χ1n) is 2.82. The molecule has 10 heavy (non-hydrogen) atoms. The van der Waals surface area contributed by atoms with Crippen LogP contribution in [0.4, 0.5) is 0 Å². The summed E-state index contributed by atoms with van der Waals surface area (Å²) in [5, 5.41) is 6.95. The van der Waals surface area contributed by atoms with Gasteiger partial charge in [0.1, 0.15) is 18.3 Å². The van der Waals surface area contributed by atoms with Crippen LogP contribution in [0, 0.1) is 5.41 Å². The fraction of sp³-hybridized carbons (Fsp3) is 0. The zero-order chi connectivity index (χ0) is 6.97. The van der Waals surface area contributed by atoms with Crippen LogP contribution in [0.2, 0.25) is 0 Å². The molecule has 0 aromatic carbocycles. The van der Waals surface area contributed by atoms with Gasteiger partial charge < -0.3 is 9.83 Å². The number of imidazole rings is 1. The molecule has 0 saturated heterocycles. The largest absolute Gasteiger partial charge is 0.444 e. The molecule has 2 heterocycles. The van der Waals surface area contributed by atoms with E-state index in [1.165, 1.54) is 12.5 Å². The summed E-state index contributed by atoms with van der Waals surface area (Å²) in [5.74, 6) is 0. The van der Waals surface area contributed by atoms with Gasteiger partial charge in [0, 0.05) is 6.21 Å². The summed E-state index contributed by atoms with van der Waals surface area (Å²) in [7, 11) is 0. The van der Waals surface area contributed by atoms with E-state index < -0.39 is 0 Å². The second-order valence-corrected chi connectivity index (χ2v) is 1.91. The van der Waals surface area contributed by atoms with E-state index in [0.717, 1.165) is 0 Å². The second-order valence-electron chi connectivity index (χ2n) is 1.91. The molecule has 50 valence electrons. The first-order valence-corrected chi connectivity index (χ1v) is 2.82. The average molecular weight is 135 g/mol. The summed E-state index contributed by atoms with van der Waals surface area (Å²) in [6, 6.07) is 0. The normalized spacial score (nSPS) is 10.4. The number of hydrogen-bond acceptors (Lipinski definition) is 3. The van der Waals surface area contributed by atoms with Crippen LogP contribution < -0.4 is 0 Å². The Hall–Kier alpha value is -1.58. The van der Waals surface area contributed by atoms with E-state index in [1.54, 1.807) is 16.9 Å². The number of rotatable bonds is 1. The van der Waals surface area contributed by atoms with Crippen molar-refractivity contribution in [3.63, 3.8) is 0 Å². The zero-order valence-electron chi connectivity index (χ0n) is 5.11. The molecular formula is C6H5N3O. The van der Waals surface area contributed by atoms with Gasteiger partial charge in [-0.05, 0) is 0 Å². The third kappa shape index (κ3) is 0.500. The average Bonchev–Trinajstić information content (AvgIpc) is 2.44. The smallest absolute Gasteiger partial charge is 0.223 e. The van der Waals surface area contributed by atoms with Crippen molar-refractivity contribution in [2.45, 2.75) is 0 Å². The molecule has 2 aromatic rings. The fourth-order valence-electron chi connectivity index (χ4n) is 0.845. The quantitative estimate of drug-likeness (QED) is 0.591. The van der Waals surface area contributed by atoms with Crippen LogP contribution in [0.3, 0.4) is 0 Å². The molecule has 0 fully saturated rings. The summed E-state index contributed by atoms with van der Waals surface area (Å²) in [6.45, 7) is 0. The Morgan fingerprint density at radius 3 is 3.40 bits per heavy atom. The van der Waals surface area contributed by atoms with Crippen molar-refractivity contribution >= 4 is 11.9 Å². The van der Waals surface area contributed by atoms with Crippen LogP contribution in [-0.4, -0.2) is 15.6 Å². The molecule has 1 N–H and O–H groups in total. The Bertz CT molecular complexity index is 360. The lowest BCUT2D eigenvalue weighted by atomic mass is 10.5. The number of nitrogens with zero attached hydrogens (tertiary/aromatic N) is 2. The van der Waals surface area contributed by atoms with Gasteiger partial charge in [-0.2, -0.15) is 0 Å². The standard InChI is InChI=1S/C6H5N3O/c7-1-5-3-10-6-2-8-4-9(5)6/h1-4,7H. The Morgan fingerprint density at radius 1 is 1.70 bits per heavy atom. The zero-order valence-corrected chi connectivity index (χ0v) is 5.11. The first kappa shape index (κ1) is 5.22. The molecule has 0 radical (unpaired) electrons. The van der Waals surface area contributed by atoms with Crippen molar-refractivity contribution in [2.75, 3.05) is 0 Å². The SMILES string of the molecule is N=Cc1coc2cncn12. The Kier molecular flexibility index (Phi) is 0.887. The van der Waals surface area contributed by atoms with E-state index in [4.69, 9.17) is 9.83 Å². The Balaban J connectivity index is 2.88. The molecule has 0 atom stereocenters. The minimum Gasteiger partial charge on any atom is -0.444 e. The van der Waals surface area contributed by atoms with E-state index in [1.807, 2.05) is 0 Å². The molecule has 4 heteroatoms. The van der Waals surface area contributed by atoms with E-state index in [-0.39, 0.29) is 0 Å². The highest BCUT2D eigenvalue weighted by Gasteiger charge is 1.99. The molecule has 0 aliphatic rings. The van der Waals surface area contributed by atoms with Gasteiger partial charge in [-0.15, -0.1) is 0 Å². The number of fused-ring (bicyclic) bond motifs is 1. The van der Waals surface area contributed by atoms with Gasteiger partial charge in [-0.25, -0.2) is 4.98 Å². The first-order chi connectivity index (χ1) is 4.92. The second kappa shape index (κ2) is 1.70. The molecule has 2 aromatic heterocycles. The van der Waals surface area contributed by atoms with Crippen molar-refractivity contribution < 1.29 is 4.42 Å². The van der Waals surface area contributed by atoms with Crippen molar-refractivity contribution in [1.82, 2.24) is 9.38 Å². The van der Waals surface area contributed by atoms with Gasteiger partial charge in [0.15, 0.2) is 0 Å². The van der Waals surface area contributed by atoms with Gasteiger partial charge in [0.25, 0.3) is 0 Å². The molecule has 0 unspecified atom stereocenters. The van der Waals surface area contributed by atoms with Crippen LogP contribution in [0.1, 0.15) is 5.69 Å². The van der Waals surface area contributed by atoms with Gasteiger partial charge in [-0.1, -0.05) is 0 Å². The minimum absolute atomic E-state index is 0.665. The maximum Gasteiger partial charge on any atom is 0.223 e. The minimum atomic E-state index is 0.665. The van der Waals surface area contributed by atoms with Crippen molar-refractivity contribution in [3.8, 4) is 0 Å². The third-order valence-corrected chi connectivity index (χ3v) is 1.33. The summed E-state index contributed by atoms with van der Waals surface area (Å²) in [5.41, 5.74) is 1.37. The predicted octanol–water partition coefficient (Wildman–Crippen LogP) is 0.925. The van der Waals surface area contributed by atoms with Gasteiger partial charge in [-0.3, -0.25) is 4.40 Å². The number of hydrogen-bond donors (Lipinski definition) is 1. The molecule has 0 bridgehead atoms. The van der Waals surface area contributed by atoms with E-state index >= 15 is 0 Å². The molecule has 0 aliphatic heterocycles. The van der Waals surface area contributed by atoms with Crippen LogP contribution in [0.5, 0.6) is 0 Å². The van der Waals surface area contributed by atoms with E-state index in [9.17, 15) is 0 Å². The number of aromatic nitrogens is 2. The van der Waals surface area contributed by atoms with Crippen molar-refractivity contribution in [3.05, 3.63) is 24.5 Å². The lowest BCUT2D eigenvalue weighted by Gasteiger charge is -1.80. The lowest BCUT2D eigenvalue weighted by Crippen LogP contribution is -1.84. The lowest BCUT2D eigenvalue weighted by molar-refractivity contribution is 0.608. The highest BCUT2D eigenvalue weighted by molar-refractivity contribution is 5.75. The van der Waals surface area contributed by atoms with Crippen LogP contribution in [0.15, 0.2) is 23.2 Å². The molecule has 0 saturated carbocycles. The maximum atomic E-state index is 6.95. The summed E-state index contributed by atoms with van der Waals surface area (Å²) in [6.07, 6.45) is 5.95. The van der Waals surface area contributed by atoms with Gasteiger partial charge in [0.2, 0.25) is 5.71 Å². The van der Waals surface area contributed by atoms with Crippen molar-refractivity contribution in [2.24, 2.45) is 0 Å². The molecular weight excluding hydrogens is 130 g/mol. The molecule has 4 nitrogen and oxygen atoms in total. The third-order valence-electron chi connectivity index (χ3n) is 1.33. The van der Waals surface area contributed by atoms with E-state index in [2.05, 4.69) is 4.98 Å². The molecule has 0 amide bonds. The van der Waals surface area contributed by atoms with E-state index in [0.29, 0.717) is 11.4 Å². The molecule has 0 aliphatic carbocycles. The molecule has 0 spiro atoms. The number of nitrogens with one attached hydrogen (secondary N) is 1. The summed E-state index contributed by atoms with van der Waals surface area (Å²) in [4.78, 5) is 3.84. The Morgan fingerprint density at radius 2 is 2.60 bits per heavy atom. The maximum absolute atomic E-state index is 6.95. The summed E-state index contributed by atoms with van der Waals surface area (Å²) < 4.78 is 6.73. The highest BCUT2D eigenvalue weighted by Crippen LogP contribution is 2.05. The van der Waals surface area contributed by atoms with Gasteiger partial charge >= 0.3 is 0 Å². The van der Waals surface area contributed by atoms with Crippen molar-refractivity contribution in [1.29, 1.82) is 5.41 Å². The molecule has 2 rings (SSSR count). The predicted molar refractivity (Wildman–Crippen MR) is 35.3 cm³/mol. The summed E-state index contributed by atoms with van der Waals surface area (Å²) >= 11 is 0. The monoisotopic (exact) mass is 135 g/mol. The van der Waals surface area contributed by atoms with Crippen LogP contribution in [-0.2, 0) is 0 Å². The topological polar surface area (TPSA) is 54.3 Å². The highest BCUT2D eigenvalue weighted by atomic mass is 16.3. The number of oxazole rings is 1. The Labute approximate surface area is 56.6 Å². The fourth-order valence-corrected chi connectivity index (χ4v) is 0.845.